The molecule has 0 saturated heterocycles. The molecule has 0 atom stereocenters. The van der Waals surface area contributed by atoms with E-state index in [9.17, 15) is 0 Å². The van der Waals surface area contributed by atoms with Crippen LogP contribution in [0.2, 0.25) is 0 Å². The molecule has 90 valence electrons. The Bertz CT molecular complexity index is 952. The number of imidazole rings is 1. The minimum Gasteiger partial charge on any atom is -0.256 e. The van der Waals surface area contributed by atoms with E-state index in [1.54, 1.807) is 17.5 Å². The summed E-state index contributed by atoms with van der Waals surface area (Å²) >= 11 is 1.71. The van der Waals surface area contributed by atoms with Gasteiger partial charge in [0, 0.05) is 12.3 Å². The van der Waals surface area contributed by atoms with Crippen LogP contribution in [0.5, 0.6) is 0 Å². The van der Waals surface area contributed by atoms with Crippen LogP contribution < -0.4 is 4.57 Å². The molecule has 19 heavy (non-hydrogen) atoms. The molecule has 0 aromatic carbocycles. The number of pyridine rings is 1. The van der Waals surface area contributed by atoms with Crippen molar-refractivity contribution < 1.29 is 4.57 Å². The predicted molar refractivity (Wildman–Crippen MR) is 70.9 cm³/mol. The molecule has 6 heteroatoms. The molecule has 0 saturated carbocycles. The predicted octanol–water partition coefficient (Wildman–Crippen LogP) is 1.66. The van der Waals surface area contributed by atoms with Gasteiger partial charge in [-0.2, -0.15) is 4.98 Å². The molecule has 4 aromatic heterocycles. The normalized spacial score (nSPS) is 13.1. The maximum absolute atomic E-state index is 4.63. The number of rotatable bonds is 0. The van der Waals surface area contributed by atoms with E-state index >= 15 is 0 Å². The van der Waals surface area contributed by atoms with Gasteiger partial charge in [0.05, 0.1) is 17.5 Å². The minimum atomic E-state index is 0.801. The smallest absolute Gasteiger partial charge is 0.256 e. The molecule has 1 aliphatic rings. The molecule has 5 rings (SSSR count). The lowest BCUT2D eigenvalue weighted by atomic mass is 10.2. The van der Waals surface area contributed by atoms with Gasteiger partial charge in [0.1, 0.15) is 6.54 Å². The summed E-state index contributed by atoms with van der Waals surface area (Å²) in [6.45, 7) is 0.801. The van der Waals surface area contributed by atoms with Crippen LogP contribution >= 0.6 is 11.3 Å². The van der Waals surface area contributed by atoms with Crippen LogP contribution in [0.1, 0.15) is 5.69 Å². The van der Waals surface area contributed by atoms with E-state index in [0.717, 1.165) is 28.4 Å². The van der Waals surface area contributed by atoms with Gasteiger partial charge in [-0.25, -0.2) is 4.57 Å². The summed E-state index contributed by atoms with van der Waals surface area (Å²) in [4.78, 5) is 10.1. The molecule has 5 nitrogen and oxygen atoms in total. The molecule has 4 aromatic rings. The summed E-state index contributed by atoms with van der Waals surface area (Å²) < 4.78 is 4.16. The van der Waals surface area contributed by atoms with Crippen molar-refractivity contribution in [3.8, 4) is 10.6 Å². The van der Waals surface area contributed by atoms with Gasteiger partial charge in [0.25, 0.3) is 0 Å². The second-order valence-corrected chi connectivity index (χ2v) is 5.50. The Morgan fingerprint density at radius 3 is 3.16 bits per heavy atom. The Morgan fingerprint density at radius 1 is 1.21 bits per heavy atom. The maximum Gasteiger partial charge on any atom is 0.347 e. The Kier molecular flexibility index (Phi) is 1.59. The summed E-state index contributed by atoms with van der Waals surface area (Å²) in [6.07, 6.45) is 3.64. The Balaban J connectivity index is 1.94. The molecule has 0 fully saturated rings. The zero-order chi connectivity index (χ0) is 12.4. The summed E-state index contributed by atoms with van der Waals surface area (Å²) in [5.41, 5.74) is 4.30. The fraction of sp³-hybridized carbons (Fsp3) is 0.0769. The van der Waals surface area contributed by atoms with E-state index in [1.165, 1.54) is 10.6 Å². The van der Waals surface area contributed by atoms with Crippen molar-refractivity contribution in [2.24, 2.45) is 0 Å². The number of hydrogen-bond acceptors (Lipinski definition) is 4. The fourth-order valence-corrected chi connectivity index (χ4v) is 3.82. The Hall–Kier alpha value is -2.34. The van der Waals surface area contributed by atoms with Gasteiger partial charge in [-0.1, -0.05) is 21.0 Å². The topological polar surface area (TPSA) is 47.0 Å². The molecule has 0 spiro atoms. The van der Waals surface area contributed by atoms with Crippen LogP contribution in [-0.4, -0.2) is 19.6 Å². The van der Waals surface area contributed by atoms with Gasteiger partial charge in [-0.15, -0.1) is 0 Å². The summed E-state index contributed by atoms with van der Waals surface area (Å²) in [7, 11) is 0. The highest BCUT2D eigenvalue weighted by atomic mass is 32.1. The number of aromatic nitrogens is 5. The van der Waals surface area contributed by atoms with Crippen molar-refractivity contribution in [2.75, 3.05) is 0 Å². The van der Waals surface area contributed by atoms with E-state index in [2.05, 4.69) is 25.7 Å². The van der Waals surface area contributed by atoms with Crippen LogP contribution in [-0.2, 0) is 6.54 Å². The largest absolute Gasteiger partial charge is 0.347 e. The van der Waals surface area contributed by atoms with Crippen LogP contribution in [0.4, 0.5) is 0 Å². The second kappa shape index (κ2) is 3.16. The van der Waals surface area contributed by atoms with Crippen molar-refractivity contribution in [3.05, 3.63) is 42.4 Å². The van der Waals surface area contributed by atoms with Gasteiger partial charge in [-0.3, -0.25) is 4.98 Å². The van der Waals surface area contributed by atoms with E-state index in [4.69, 9.17) is 0 Å². The molecule has 0 bridgehead atoms. The molecule has 0 N–H and O–H groups in total. The van der Waals surface area contributed by atoms with E-state index in [0.29, 0.717) is 0 Å². The highest BCUT2D eigenvalue weighted by Crippen LogP contribution is 2.33. The molecule has 1 aliphatic heterocycles. The van der Waals surface area contributed by atoms with Crippen molar-refractivity contribution in [1.29, 1.82) is 0 Å². The van der Waals surface area contributed by atoms with Crippen molar-refractivity contribution in [3.63, 3.8) is 0 Å². The first-order valence-electron chi connectivity index (χ1n) is 6.02. The first kappa shape index (κ1) is 9.57. The van der Waals surface area contributed by atoms with Crippen molar-refractivity contribution >= 4 is 27.5 Å². The fourth-order valence-electron chi connectivity index (χ4n) is 2.65. The Labute approximate surface area is 111 Å². The van der Waals surface area contributed by atoms with Crippen LogP contribution in [0, 0.1) is 0 Å². The lowest BCUT2D eigenvalue weighted by Gasteiger charge is -1.90. The lowest BCUT2D eigenvalue weighted by molar-refractivity contribution is -0.644. The number of fused-ring (bicyclic) bond motifs is 7. The third kappa shape index (κ3) is 1.09. The minimum absolute atomic E-state index is 0.801. The quantitative estimate of drug-likeness (QED) is 0.400. The van der Waals surface area contributed by atoms with Crippen LogP contribution in [0.25, 0.3) is 26.7 Å². The van der Waals surface area contributed by atoms with E-state index in [1.807, 2.05) is 28.9 Å². The maximum atomic E-state index is 4.63. The molecule has 0 aliphatic carbocycles. The first-order chi connectivity index (χ1) is 9.42. The SMILES string of the molecule is c1cnc2c(c1)-c1sc3nc4cccnn4c3[n+]1C2. The lowest BCUT2D eigenvalue weighted by Crippen LogP contribution is -2.32. The third-order valence-corrected chi connectivity index (χ3v) is 4.56. The standard InChI is InChI=1S/C13H8N5S/c1-3-8-9(14-5-1)7-17-12-11(19-13(8)17)16-10-4-2-6-15-18(10)12/h1-6H,7H2/q+1. The zero-order valence-electron chi connectivity index (χ0n) is 9.82. The van der Waals surface area contributed by atoms with Gasteiger partial charge in [0.15, 0.2) is 5.01 Å². The van der Waals surface area contributed by atoms with Gasteiger partial charge in [0.2, 0.25) is 10.5 Å². The molecule has 5 heterocycles. The number of hydrogen-bond donors (Lipinski definition) is 0. The molecule has 0 unspecified atom stereocenters. The summed E-state index contributed by atoms with van der Waals surface area (Å²) in [5, 5.41) is 5.62. The molecular weight excluding hydrogens is 258 g/mol. The third-order valence-electron chi connectivity index (χ3n) is 3.46. The number of thiazole rings is 1. The highest BCUT2D eigenvalue weighted by Gasteiger charge is 2.32. The Morgan fingerprint density at radius 2 is 2.16 bits per heavy atom. The highest BCUT2D eigenvalue weighted by molar-refractivity contribution is 7.20. The number of nitrogens with zero attached hydrogens (tertiary/aromatic N) is 5. The second-order valence-electron chi connectivity index (χ2n) is 4.53. The van der Waals surface area contributed by atoms with Crippen LogP contribution in [0.3, 0.4) is 0 Å². The van der Waals surface area contributed by atoms with Crippen LogP contribution in [0.15, 0.2) is 36.7 Å². The zero-order valence-corrected chi connectivity index (χ0v) is 10.6. The molecule has 0 amide bonds. The van der Waals surface area contributed by atoms with E-state index in [-0.39, 0.29) is 0 Å². The van der Waals surface area contributed by atoms with Gasteiger partial charge >= 0.3 is 5.65 Å². The molecular formula is C13H8N5S+. The van der Waals surface area contributed by atoms with Gasteiger partial charge < -0.3 is 0 Å². The summed E-state index contributed by atoms with van der Waals surface area (Å²) in [6, 6.07) is 7.99. The average molecular weight is 266 g/mol. The first-order valence-corrected chi connectivity index (χ1v) is 6.84. The van der Waals surface area contributed by atoms with Crippen molar-refractivity contribution in [1.82, 2.24) is 19.6 Å². The molecule has 0 radical (unpaired) electrons. The van der Waals surface area contributed by atoms with E-state index < -0.39 is 0 Å². The van der Waals surface area contributed by atoms with Crippen molar-refractivity contribution in [2.45, 2.75) is 6.54 Å². The average Bonchev–Trinajstić information content (AvgIpc) is 3.05. The monoisotopic (exact) mass is 266 g/mol. The van der Waals surface area contributed by atoms with Gasteiger partial charge in [-0.05, 0) is 18.2 Å². The summed E-state index contributed by atoms with van der Waals surface area (Å²) in [5.74, 6) is 0.